The molecule has 0 aliphatic heterocycles. The van der Waals surface area contributed by atoms with Gasteiger partial charge in [0.1, 0.15) is 5.75 Å². The number of benzene rings is 2. The molecule has 0 heterocycles. The first-order valence-corrected chi connectivity index (χ1v) is 6.95. The van der Waals surface area contributed by atoms with Gasteiger partial charge in [0.15, 0.2) is 0 Å². The third-order valence-corrected chi connectivity index (χ3v) is 3.54. The SMILES string of the molecule is O=C(Oc1ccc(Br)cc1Br)c1ccc(Cl)cc1. The normalized spacial score (nSPS) is 10.2. The summed E-state index contributed by atoms with van der Waals surface area (Å²) in [5.74, 6) is 0.0489. The number of ether oxygens (including phenoxy) is 1. The summed E-state index contributed by atoms with van der Waals surface area (Å²) < 4.78 is 6.89. The van der Waals surface area contributed by atoms with Crippen LogP contribution in [0.3, 0.4) is 0 Å². The largest absolute Gasteiger partial charge is 0.422 e. The Morgan fingerprint density at radius 1 is 1.06 bits per heavy atom. The van der Waals surface area contributed by atoms with E-state index in [-0.39, 0.29) is 0 Å². The van der Waals surface area contributed by atoms with Gasteiger partial charge in [-0.25, -0.2) is 4.79 Å². The van der Waals surface area contributed by atoms with Crippen LogP contribution in [0.5, 0.6) is 5.75 Å². The van der Waals surface area contributed by atoms with E-state index in [1.807, 2.05) is 6.07 Å². The molecular weight excluding hydrogens is 383 g/mol. The van der Waals surface area contributed by atoms with Crippen LogP contribution in [-0.2, 0) is 0 Å². The number of esters is 1. The average Bonchev–Trinajstić information content (AvgIpc) is 2.33. The molecule has 0 amide bonds. The molecule has 0 aliphatic rings. The first kappa shape index (κ1) is 13.6. The molecule has 0 saturated carbocycles. The van der Waals surface area contributed by atoms with Gasteiger partial charge in [-0.2, -0.15) is 0 Å². The van der Waals surface area contributed by atoms with Crippen molar-refractivity contribution in [1.29, 1.82) is 0 Å². The van der Waals surface area contributed by atoms with Crippen molar-refractivity contribution in [1.82, 2.24) is 0 Å². The van der Waals surface area contributed by atoms with E-state index in [9.17, 15) is 4.79 Å². The van der Waals surface area contributed by atoms with Gasteiger partial charge in [-0.1, -0.05) is 27.5 Å². The van der Waals surface area contributed by atoms with Gasteiger partial charge >= 0.3 is 5.97 Å². The molecule has 2 aromatic carbocycles. The fourth-order valence-corrected chi connectivity index (χ4v) is 2.56. The molecule has 0 fully saturated rings. The van der Waals surface area contributed by atoms with Crippen LogP contribution in [0, 0.1) is 0 Å². The van der Waals surface area contributed by atoms with E-state index in [0.29, 0.717) is 20.8 Å². The van der Waals surface area contributed by atoms with Crippen LogP contribution >= 0.6 is 43.5 Å². The zero-order chi connectivity index (χ0) is 13.1. The average molecular weight is 390 g/mol. The van der Waals surface area contributed by atoms with Gasteiger partial charge in [-0.05, 0) is 58.4 Å². The van der Waals surface area contributed by atoms with Crippen molar-refractivity contribution < 1.29 is 9.53 Å². The van der Waals surface area contributed by atoms with Gasteiger partial charge in [-0.15, -0.1) is 0 Å². The topological polar surface area (TPSA) is 26.3 Å². The van der Waals surface area contributed by atoms with Crippen molar-refractivity contribution in [2.45, 2.75) is 0 Å². The second-order valence-electron chi connectivity index (χ2n) is 3.47. The maximum Gasteiger partial charge on any atom is 0.343 e. The van der Waals surface area contributed by atoms with Crippen LogP contribution in [0.15, 0.2) is 51.4 Å². The Bertz CT molecular complexity index is 582. The highest BCUT2D eigenvalue weighted by atomic mass is 79.9. The predicted octanol–water partition coefficient (Wildman–Crippen LogP) is 5.08. The summed E-state index contributed by atoms with van der Waals surface area (Å²) >= 11 is 12.4. The zero-order valence-electron chi connectivity index (χ0n) is 8.99. The van der Waals surface area contributed by atoms with Gasteiger partial charge in [-0.3, -0.25) is 0 Å². The first-order chi connectivity index (χ1) is 8.56. The maximum atomic E-state index is 11.9. The van der Waals surface area contributed by atoms with E-state index in [0.717, 1.165) is 4.47 Å². The zero-order valence-corrected chi connectivity index (χ0v) is 12.9. The number of hydrogen-bond donors (Lipinski definition) is 0. The minimum absolute atomic E-state index is 0.422. The van der Waals surface area contributed by atoms with E-state index in [1.54, 1.807) is 36.4 Å². The molecule has 2 aromatic rings. The summed E-state index contributed by atoms with van der Waals surface area (Å²) in [6.45, 7) is 0. The highest BCUT2D eigenvalue weighted by Crippen LogP contribution is 2.28. The van der Waals surface area contributed by atoms with Gasteiger partial charge in [0.2, 0.25) is 0 Å². The molecule has 0 aromatic heterocycles. The third kappa shape index (κ3) is 3.34. The van der Waals surface area contributed by atoms with Gasteiger partial charge < -0.3 is 4.74 Å². The van der Waals surface area contributed by atoms with Crippen molar-refractivity contribution in [2.24, 2.45) is 0 Å². The van der Waals surface area contributed by atoms with Crippen molar-refractivity contribution in [3.8, 4) is 5.75 Å². The standard InChI is InChI=1S/C13H7Br2ClO2/c14-9-3-6-12(11(15)7-9)18-13(17)8-1-4-10(16)5-2-8/h1-7H. The van der Waals surface area contributed by atoms with Crippen LogP contribution in [0.2, 0.25) is 5.02 Å². The Morgan fingerprint density at radius 2 is 1.72 bits per heavy atom. The molecule has 0 spiro atoms. The Hall–Kier alpha value is -0.840. The second kappa shape index (κ2) is 5.87. The molecule has 0 unspecified atom stereocenters. The molecule has 0 radical (unpaired) electrons. The first-order valence-electron chi connectivity index (χ1n) is 4.99. The van der Waals surface area contributed by atoms with Gasteiger partial charge in [0.05, 0.1) is 10.0 Å². The van der Waals surface area contributed by atoms with Crippen molar-refractivity contribution in [3.05, 3.63) is 62.0 Å². The summed E-state index contributed by atoms with van der Waals surface area (Å²) in [6, 6.07) is 11.9. The lowest BCUT2D eigenvalue weighted by molar-refractivity contribution is 0.0733. The van der Waals surface area contributed by atoms with Gasteiger partial charge in [0.25, 0.3) is 0 Å². The van der Waals surface area contributed by atoms with Crippen molar-refractivity contribution >= 4 is 49.4 Å². The van der Waals surface area contributed by atoms with E-state index in [4.69, 9.17) is 16.3 Å². The smallest absolute Gasteiger partial charge is 0.343 e. The van der Waals surface area contributed by atoms with Gasteiger partial charge in [0, 0.05) is 9.50 Å². The fraction of sp³-hybridized carbons (Fsp3) is 0. The van der Waals surface area contributed by atoms with E-state index in [1.165, 1.54) is 0 Å². The summed E-state index contributed by atoms with van der Waals surface area (Å²) in [6.07, 6.45) is 0. The highest BCUT2D eigenvalue weighted by molar-refractivity contribution is 9.11. The third-order valence-electron chi connectivity index (χ3n) is 2.18. The lowest BCUT2D eigenvalue weighted by Crippen LogP contribution is -2.08. The van der Waals surface area contributed by atoms with E-state index < -0.39 is 5.97 Å². The lowest BCUT2D eigenvalue weighted by Gasteiger charge is -2.06. The minimum Gasteiger partial charge on any atom is -0.422 e. The molecule has 0 saturated heterocycles. The molecule has 0 bridgehead atoms. The highest BCUT2D eigenvalue weighted by Gasteiger charge is 2.10. The lowest BCUT2D eigenvalue weighted by atomic mass is 10.2. The number of carbonyl (C=O) groups is 1. The number of hydrogen-bond acceptors (Lipinski definition) is 2. The molecule has 92 valence electrons. The Balaban J connectivity index is 2.18. The number of halogens is 3. The molecule has 5 heteroatoms. The van der Waals surface area contributed by atoms with E-state index in [2.05, 4.69) is 31.9 Å². The summed E-state index contributed by atoms with van der Waals surface area (Å²) in [4.78, 5) is 11.9. The Labute approximate surface area is 126 Å². The molecule has 0 N–H and O–H groups in total. The van der Waals surface area contributed by atoms with Crippen LogP contribution in [0.1, 0.15) is 10.4 Å². The predicted molar refractivity (Wildman–Crippen MR) is 78.3 cm³/mol. The van der Waals surface area contributed by atoms with Crippen LogP contribution in [-0.4, -0.2) is 5.97 Å². The van der Waals surface area contributed by atoms with Crippen LogP contribution in [0.25, 0.3) is 0 Å². The Morgan fingerprint density at radius 3 is 2.33 bits per heavy atom. The number of rotatable bonds is 2. The van der Waals surface area contributed by atoms with Crippen molar-refractivity contribution in [3.63, 3.8) is 0 Å². The number of carbonyl (C=O) groups excluding carboxylic acids is 1. The van der Waals surface area contributed by atoms with Crippen LogP contribution < -0.4 is 4.74 Å². The quantitative estimate of drug-likeness (QED) is 0.528. The van der Waals surface area contributed by atoms with E-state index >= 15 is 0 Å². The minimum atomic E-state index is -0.422. The molecule has 18 heavy (non-hydrogen) atoms. The molecule has 2 rings (SSSR count). The summed E-state index contributed by atoms with van der Waals surface area (Å²) in [5.41, 5.74) is 0.453. The molecule has 2 nitrogen and oxygen atoms in total. The molecule has 0 aliphatic carbocycles. The summed E-state index contributed by atoms with van der Waals surface area (Å²) in [7, 11) is 0. The second-order valence-corrected chi connectivity index (χ2v) is 5.68. The monoisotopic (exact) mass is 388 g/mol. The Kier molecular flexibility index (Phi) is 4.43. The van der Waals surface area contributed by atoms with Crippen LogP contribution in [0.4, 0.5) is 0 Å². The maximum absolute atomic E-state index is 11.9. The molecule has 0 atom stereocenters. The fourth-order valence-electron chi connectivity index (χ4n) is 1.30. The molecular formula is C13H7Br2ClO2. The summed E-state index contributed by atoms with van der Waals surface area (Å²) in [5, 5.41) is 0.580. The van der Waals surface area contributed by atoms with Crippen molar-refractivity contribution in [2.75, 3.05) is 0 Å².